The molecule has 0 radical (unpaired) electrons. The molecule has 0 saturated heterocycles. The highest BCUT2D eigenvalue weighted by molar-refractivity contribution is 5.85. The molecule has 3 aliphatic rings. The first-order valence-corrected chi connectivity index (χ1v) is 27.5. The van der Waals surface area contributed by atoms with E-state index in [2.05, 4.69) is 133 Å². The molecule has 0 N–H and O–H groups in total. The highest BCUT2D eigenvalue weighted by atomic mass is 14.9. The number of aryl methyl sites for hydroxylation is 10. The molecular weight excluding hydrogens is 943 g/mol. The van der Waals surface area contributed by atoms with Crippen LogP contribution >= 0.6 is 0 Å². The Bertz CT molecular complexity index is 4390. The second-order valence-electron chi connectivity index (χ2n) is 23.7. The second kappa shape index (κ2) is 20.9. The maximum Gasteiger partial charge on any atom is 0.212 e. The minimum atomic E-state index is -2.41. The molecule has 9 aromatic rings. The average molecular weight is 1040 g/mol. The van der Waals surface area contributed by atoms with Crippen molar-refractivity contribution >= 4 is 0 Å². The van der Waals surface area contributed by atoms with E-state index in [0.29, 0.717) is 11.1 Å². The minimum absolute atomic E-state index is 0.0652. The Hall–Kier alpha value is -7.23. The molecule has 0 bridgehead atoms. The van der Waals surface area contributed by atoms with Gasteiger partial charge in [-0.25, -0.2) is 13.7 Å². The van der Waals surface area contributed by atoms with Gasteiger partial charge in [0, 0.05) is 68.0 Å². The van der Waals surface area contributed by atoms with Gasteiger partial charge in [0.2, 0.25) is 17.1 Å². The van der Waals surface area contributed by atoms with Gasteiger partial charge in [-0.05, 0) is 224 Å². The van der Waals surface area contributed by atoms with E-state index >= 15 is 0 Å². The van der Waals surface area contributed by atoms with E-state index in [0.717, 1.165) is 58.6 Å². The first-order valence-electron chi connectivity index (χ1n) is 33.5. The largest absolute Gasteiger partial charge is 0.212 e. The Morgan fingerprint density at radius 2 is 0.782 bits per heavy atom. The summed E-state index contributed by atoms with van der Waals surface area (Å²) in [7, 11) is 5.65. The van der Waals surface area contributed by atoms with Gasteiger partial charge in [0.25, 0.3) is 0 Å². The summed E-state index contributed by atoms with van der Waals surface area (Å²) in [4.78, 5) is 0. The molecule has 0 saturated carbocycles. The summed E-state index contributed by atoms with van der Waals surface area (Å²) in [6.45, 7) is 16.9. The molecule has 0 spiro atoms. The number of aromatic nitrogens is 3. The van der Waals surface area contributed by atoms with Crippen LogP contribution in [-0.2, 0) is 46.8 Å². The molecular formula is C75H84N3+3. The molecule has 396 valence electrons. The molecule has 0 aliphatic heterocycles. The zero-order chi connectivity index (χ0) is 66.0. The van der Waals surface area contributed by atoms with Crippen molar-refractivity contribution in [2.75, 3.05) is 0 Å². The van der Waals surface area contributed by atoms with Crippen molar-refractivity contribution in [2.45, 2.75) is 135 Å². The number of pyridine rings is 3. The van der Waals surface area contributed by atoms with Crippen molar-refractivity contribution < 1.29 is 30.2 Å². The van der Waals surface area contributed by atoms with E-state index in [1.54, 1.807) is 38.5 Å². The van der Waals surface area contributed by atoms with Gasteiger partial charge >= 0.3 is 0 Å². The van der Waals surface area contributed by atoms with E-state index in [-0.39, 0.29) is 16.7 Å². The molecule has 0 atom stereocenters. The molecule has 3 heterocycles. The third-order valence-corrected chi connectivity index (χ3v) is 16.5. The van der Waals surface area contributed by atoms with Crippen molar-refractivity contribution in [3.8, 4) is 67.2 Å². The number of nitrogens with zero attached hydrogens (tertiary/aromatic N) is 3. The molecule has 3 heteroatoms. The Balaban J connectivity index is 0.000000149. The Kier molecular flexibility index (Phi) is 10.9. The molecule has 78 heavy (non-hydrogen) atoms. The van der Waals surface area contributed by atoms with Crippen LogP contribution < -0.4 is 13.7 Å². The van der Waals surface area contributed by atoms with Crippen LogP contribution in [0.4, 0.5) is 0 Å². The second-order valence-corrected chi connectivity index (χ2v) is 23.7. The molecule has 12 rings (SSSR count). The van der Waals surface area contributed by atoms with Crippen molar-refractivity contribution in [3.63, 3.8) is 0 Å². The predicted molar refractivity (Wildman–Crippen MR) is 329 cm³/mol. The van der Waals surface area contributed by atoms with Crippen molar-refractivity contribution in [1.29, 1.82) is 0 Å². The lowest BCUT2D eigenvalue weighted by Crippen LogP contribution is -2.32. The lowest BCUT2D eigenvalue weighted by atomic mass is 9.86. The van der Waals surface area contributed by atoms with Gasteiger partial charge in [-0.15, -0.1) is 0 Å². The highest BCUT2D eigenvalue weighted by Gasteiger charge is 2.29. The van der Waals surface area contributed by atoms with Crippen LogP contribution in [0.15, 0.2) is 128 Å². The van der Waals surface area contributed by atoms with Gasteiger partial charge in [0.15, 0.2) is 18.6 Å². The fourth-order valence-electron chi connectivity index (χ4n) is 12.3. The molecule has 3 aromatic heterocycles. The van der Waals surface area contributed by atoms with E-state index in [1.807, 2.05) is 74.7 Å². The number of hydrogen-bond acceptors (Lipinski definition) is 0. The monoisotopic (exact) mass is 1040 g/mol. The zero-order valence-corrected chi connectivity index (χ0v) is 48.6. The number of benzene rings is 6. The van der Waals surface area contributed by atoms with Crippen molar-refractivity contribution in [1.82, 2.24) is 0 Å². The molecule has 0 fully saturated rings. The lowest BCUT2D eigenvalue weighted by molar-refractivity contribution is -0.660. The summed E-state index contributed by atoms with van der Waals surface area (Å²) >= 11 is 0. The van der Waals surface area contributed by atoms with Crippen molar-refractivity contribution in [2.24, 2.45) is 26.6 Å². The average Bonchev–Trinajstić information content (AvgIpc) is 1.57. The van der Waals surface area contributed by atoms with Crippen molar-refractivity contribution in [3.05, 3.63) is 228 Å². The van der Waals surface area contributed by atoms with Gasteiger partial charge in [-0.3, -0.25) is 0 Å². The normalized spacial score (nSPS) is 15.6. The minimum Gasteiger partial charge on any atom is -0.201 e. The van der Waals surface area contributed by atoms with E-state index < -0.39 is 38.2 Å². The third kappa shape index (κ3) is 10.2. The van der Waals surface area contributed by atoms with Gasteiger partial charge in [0.05, 0.1) is 0 Å². The molecule has 6 aromatic carbocycles. The van der Waals surface area contributed by atoms with E-state index in [1.165, 1.54) is 100 Å². The Morgan fingerprint density at radius 3 is 1.17 bits per heavy atom. The van der Waals surface area contributed by atoms with Crippen LogP contribution in [0, 0.1) is 74.4 Å². The first-order chi connectivity index (χ1) is 41.7. The Morgan fingerprint density at radius 1 is 0.436 bits per heavy atom. The number of rotatable bonds is 5. The summed E-state index contributed by atoms with van der Waals surface area (Å²) in [5.41, 5.74) is 30.9. The Labute approximate surface area is 485 Å². The standard InChI is InChI=1S/C27H32N.C25H28N.C23H24N/c1-17-8-9-23-20(12-17)13-25-19(3)22(10-11-24(23)25)26-14-21(15-27(4,5)6)18(2)16-28(26)7;1-15(2)23-13-25(26(6)14-17(23)4)20-9-10-22-21-8-7-16(3)11-19(21)12-24(22)18(20)5;1-14-6-7-20-18(10-14)12-22-17(4)19(8-9-21(20)22)23-11-15(2)16(3)13-24(23)5/h8-12,14,16H,13,15H2,1-7H3;7-11,13-15H,12H2,1-6H3;6-11,13H,12H2,1-5H3/q3*+1/i2D3,15D2;4D3,15D;3D3. The van der Waals surface area contributed by atoms with Gasteiger partial charge in [-0.1, -0.05) is 124 Å². The summed E-state index contributed by atoms with van der Waals surface area (Å²) in [6, 6.07) is 38.5. The molecule has 3 nitrogen and oxygen atoms in total. The van der Waals surface area contributed by atoms with Gasteiger partial charge in [0.1, 0.15) is 21.1 Å². The quantitative estimate of drug-likeness (QED) is 0.152. The van der Waals surface area contributed by atoms with E-state index in [4.69, 9.17) is 16.4 Å². The maximum atomic E-state index is 8.86. The smallest absolute Gasteiger partial charge is 0.201 e. The lowest BCUT2D eigenvalue weighted by Gasteiger charge is -2.20. The maximum absolute atomic E-state index is 8.86. The van der Waals surface area contributed by atoms with Crippen LogP contribution in [0.2, 0.25) is 0 Å². The van der Waals surface area contributed by atoms with Crippen LogP contribution in [0.25, 0.3) is 67.2 Å². The van der Waals surface area contributed by atoms with Crippen LogP contribution in [0.1, 0.15) is 157 Å². The number of fused-ring (bicyclic) bond motifs is 9. The van der Waals surface area contributed by atoms with E-state index in [9.17, 15) is 0 Å². The molecule has 0 amide bonds. The molecule has 3 aliphatic carbocycles. The van der Waals surface area contributed by atoms with Crippen LogP contribution in [0.5, 0.6) is 0 Å². The van der Waals surface area contributed by atoms with Crippen LogP contribution in [-0.4, -0.2) is 0 Å². The highest BCUT2D eigenvalue weighted by Crippen LogP contribution is 2.45. The fraction of sp³-hybridized carbons (Fsp3) is 0.320. The number of hydrogen-bond donors (Lipinski definition) is 0. The SMILES string of the molecule is [2H]C([2H])([2H])c1c[n+](C)c(-c2ccc3c(c2C)Cc2cc(C)ccc2-3)cc1C.[2H]C([2H])([2H])c1c[n+](C)c(-c2ccc3c(c2C)Cc2cc(C)ccc2-3)cc1C([2H])(C)C.[2H]C([2H])([2H])c1c[n+](C)c(-c2ccc3c(c2C)Cc2cc(C)ccc2-3)cc1C([2H])([2H])C(C)(C)C. The first kappa shape index (κ1) is 40.9. The predicted octanol–water partition coefficient (Wildman–Crippen LogP) is 17.0. The third-order valence-electron chi connectivity index (χ3n) is 16.5. The summed E-state index contributed by atoms with van der Waals surface area (Å²) in [5, 5.41) is 0. The van der Waals surface area contributed by atoms with Gasteiger partial charge in [-0.2, -0.15) is 0 Å². The van der Waals surface area contributed by atoms with Crippen LogP contribution in [0.3, 0.4) is 0 Å². The summed E-state index contributed by atoms with van der Waals surface area (Å²) in [5.74, 6) is -1.01. The summed E-state index contributed by atoms with van der Waals surface area (Å²) in [6.07, 6.45) is 5.95. The zero-order valence-electron chi connectivity index (χ0n) is 60.6. The van der Waals surface area contributed by atoms with Gasteiger partial charge < -0.3 is 0 Å². The molecule has 0 unspecified atom stereocenters. The topological polar surface area (TPSA) is 11.6 Å². The fourth-order valence-corrected chi connectivity index (χ4v) is 12.3. The summed E-state index contributed by atoms with van der Waals surface area (Å²) < 4.78 is 103.